The second kappa shape index (κ2) is 14.4. The molecule has 0 aliphatic heterocycles. The molecule has 3 nitrogen and oxygen atoms in total. The van der Waals surface area contributed by atoms with Crippen LogP contribution in [-0.2, 0) is 26.3 Å². The van der Waals surface area contributed by atoms with E-state index < -0.39 is 11.7 Å². The number of aliphatic hydroxyl groups excluding tert-OH is 1. The van der Waals surface area contributed by atoms with E-state index >= 15 is 0 Å². The molecule has 0 aliphatic rings. The van der Waals surface area contributed by atoms with Gasteiger partial charge in [-0.05, 0) is 108 Å². The molecule has 0 bridgehead atoms. The van der Waals surface area contributed by atoms with Crippen molar-refractivity contribution in [2.24, 2.45) is 10.8 Å². The van der Waals surface area contributed by atoms with Crippen LogP contribution in [0.1, 0.15) is 69.4 Å². The topological polar surface area (TPSA) is 54.5 Å². The molecule has 255 valence electrons. The van der Waals surface area contributed by atoms with Gasteiger partial charge in [0.1, 0.15) is 5.76 Å². The minimum atomic E-state index is -4.35. The number of fused-ring (bicyclic) bond motifs is 3. The largest absolute Gasteiger partial charge is 0.511 e. The summed E-state index contributed by atoms with van der Waals surface area (Å²) in [5.74, 6) is 0.417. The molecule has 1 radical (unpaired) electrons. The van der Waals surface area contributed by atoms with Crippen LogP contribution in [0.5, 0.6) is 0 Å². The van der Waals surface area contributed by atoms with Crippen LogP contribution in [-0.4, -0.2) is 20.7 Å². The summed E-state index contributed by atoms with van der Waals surface area (Å²) < 4.78 is 39.7. The first kappa shape index (κ1) is 38.6. The van der Waals surface area contributed by atoms with E-state index in [9.17, 15) is 23.1 Å². The number of allylic oxidation sites excluding steroid dienone is 2. The number of nitrogens with zero attached hydrogens (tertiary/aromatic N) is 1. The number of ketones is 1. The summed E-state index contributed by atoms with van der Waals surface area (Å²) in [6.07, 6.45) is -1.09. The van der Waals surface area contributed by atoms with Crippen molar-refractivity contribution in [3.63, 3.8) is 0 Å². The van der Waals surface area contributed by atoms with Crippen LogP contribution in [0, 0.1) is 44.6 Å². The second-order valence-corrected chi connectivity index (χ2v) is 14.4. The first-order chi connectivity index (χ1) is 21.7. The van der Waals surface area contributed by atoms with Gasteiger partial charge < -0.3 is 10.1 Å². The van der Waals surface area contributed by atoms with Crippen molar-refractivity contribution in [3.8, 4) is 22.4 Å². The quantitative estimate of drug-likeness (QED) is 0.0647. The fraction of sp³-hybridized carbons (Fsp3) is 0.317. The molecule has 0 fully saturated rings. The Morgan fingerprint density at radius 1 is 0.771 bits per heavy atom. The Bertz CT molecular complexity index is 1970. The zero-order valence-corrected chi connectivity index (χ0v) is 31.6. The zero-order valence-electron chi connectivity index (χ0n) is 29.2. The van der Waals surface area contributed by atoms with Crippen molar-refractivity contribution in [2.75, 3.05) is 0 Å². The SMILES string of the molecule is CC(C)(C)C(=[OH+])/C=C(\O)C(C)(C)C.Cc1[c-]c(-c2nccc3c2ccc2cc(-c4c(C)cc(C(F)(F)F)cc4C)ccc23)cc(C)c1.[Ir]. The van der Waals surface area contributed by atoms with Crippen molar-refractivity contribution in [3.05, 3.63) is 113 Å². The van der Waals surface area contributed by atoms with E-state index in [4.69, 9.17) is 0 Å². The van der Waals surface area contributed by atoms with Crippen LogP contribution in [0.2, 0.25) is 0 Å². The molecule has 1 aromatic heterocycles. The molecular formula is C41H44F3IrNO2. The Morgan fingerprint density at radius 2 is 1.38 bits per heavy atom. The van der Waals surface area contributed by atoms with E-state index in [-0.39, 0.29) is 42.5 Å². The van der Waals surface area contributed by atoms with Crippen LogP contribution in [0.4, 0.5) is 13.2 Å². The number of aliphatic hydroxyl groups is 1. The fourth-order valence-electron chi connectivity index (χ4n) is 5.53. The number of rotatable bonds is 3. The Labute approximate surface area is 295 Å². The normalized spacial score (nSPS) is 12.4. The average Bonchev–Trinajstić information content (AvgIpc) is 2.94. The van der Waals surface area contributed by atoms with Crippen molar-refractivity contribution in [2.45, 2.75) is 75.4 Å². The number of hydrogen-bond acceptors (Lipinski definition) is 2. The summed E-state index contributed by atoms with van der Waals surface area (Å²) >= 11 is 0. The van der Waals surface area contributed by atoms with Crippen LogP contribution in [0.15, 0.2) is 78.7 Å². The summed E-state index contributed by atoms with van der Waals surface area (Å²) in [7, 11) is 0. The summed E-state index contributed by atoms with van der Waals surface area (Å²) in [5.41, 5.74) is 5.86. The van der Waals surface area contributed by atoms with Gasteiger partial charge in [-0.15, -0.1) is 34.9 Å². The van der Waals surface area contributed by atoms with Crippen molar-refractivity contribution < 1.29 is 43.2 Å². The number of alkyl halides is 3. The van der Waals surface area contributed by atoms with E-state index in [1.54, 1.807) is 13.8 Å². The monoisotopic (exact) mass is 832 g/mol. The van der Waals surface area contributed by atoms with Gasteiger partial charge in [-0.1, -0.05) is 58.9 Å². The number of halogens is 3. The van der Waals surface area contributed by atoms with Gasteiger partial charge in [0, 0.05) is 31.7 Å². The van der Waals surface area contributed by atoms with E-state index in [0.717, 1.165) is 55.1 Å². The summed E-state index contributed by atoms with van der Waals surface area (Å²) in [4.78, 5) is 14.3. The number of carbonyl (C=O) groups excluding carboxylic acids is 1. The molecule has 0 amide bonds. The van der Waals surface area contributed by atoms with Gasteiger partial charge in [0.25, 0.3) is 0 Å². The van der Waals surface area contributed by atoms with E-state index in [1.807, 2.05) is 66.8 Å². The molecule has 5 rings (SSSR count). The van der Waals surface area contributed by atoms with E-state index in [2.05, 4.69) is 54.4 Å². The molecule has 0 saturated heterocycles. The molecule has 7 heteroatoms. The molecule has 2 N–H and O–H groups in total. The third-order valence-electron chi connectivity index (χ3n) is 8.12. The van der Waals surface area contributed by atoms with Gasteiger partial charge in [0.05, 0.1) is 17.1 Å². The van der Waals surface area contributed by atoms with E-state index in [0.29, 0.717) is 11.1 Å². The van der Waals surface area contributed by atoms with Gasteiger partial charge in [-0.25, -0.2) is 0 Å². The first-order valence-electron chi connectivity index (χ1n) is 15.7. The maximum atomic E-state index is 13.2. The predicted molar refractivity (Wildman–Crippen MR) is 189 cm³/mol. The Hall–Kier alpha value is -3.80. The maximum absolute atomic E-state index is 13.2. The smallest absolute Gasteiger partial charge is 0.416 e. The van der Waals surface area contributed by atoms with Gasteiger partial charge in [-0.3, -0.25) is 4.79 Å². The van der Waals surface area contributed by atoms with Gasteiger partial charge in [0.15, 0.2) is 0 Å². The summed E-state index contributed by atoms with van der Waals surface area (Å²) in [5, 5.41) is 13.8. The standard InChI is InChI=1S/C30H23F3N.C11H20O2.Ir/c1-17-11-18(2)13-23(12-17)29-27-8-5-21-16-22(6-7-25(21)26(27)9-10-34-29)28-19(3)14-24(15-20(28)4)30(31,32)33;1-10(2,3)8(12)7-9(13)11(4,5)6;/h5-12,14-16H,1-4H3;7,12H,1-6H3;/q-1;;/p+1/b;8-7-;. The molecule has 5 aromatic rings. The molecule has 0 unspecified atom stereocenters. The van der Waals surface area contributed by atoms with Gasteiger partial charge in [0.2, 0.25) is 0 Å². The van der Waals surface area contributed by atoms with E-state index in [1.165, 1.54) is 18.2 Å². The average molecular weight is 832 g/mol. The first-order valence-corrected chi connectivity index (χ1v) is 15.7. The number of benzene rings is 4. The van der Waals surface area contributed by atoms with Crippen LogP contribution >= 0.6 is 0 Å². The summed E-state index contributed by atoms with van der Waals surface area (Å²) in [6, 6.07) is 22.3. The number of hydrogen-bond donors (Lipinski definition) is 1. The molecule has 1 heterocycles. The molecule has 0 aliphatic carbocycles. The number of aryl methyl sites for hydroxylation is 4. The zero-order chi connectivity index (χ0) is 35.1. The van der Waals surface area contributed by atoms with Crippen LogP contribution in [0.25, 0.3) is 43.9 Å². The minimum Gasteiger partial charge on any atom is -0.511 e. The molecule has 0 spiro atoms. The second-order valence-electron chi connectivity index (χ2n) is 14.4. The predicted octanol–water partition coefficient (Wildman–Crippen LogP) is 11.8. The summed E-state index contributed by atoms with van der Waals surface area (Å²) in [6.45, 7) is 19.0. The van der Waals surface area contributed by atoms with Crippen LogP contribution in [0.3, 0.4) is 0 Å². The Kier molecular flexibility index (Phi) is 11.6. The molecular weight excluding hydrogens is 788 g/mol. The Balaban J connectivity index is 0.000000382. The van der Waals surface area contributed by atoms with Crippen molar-refractivity contribution in [1.29, 1.82) is 0 Å². The Morgan fingerprint density at radius 3 is 1.92 bits per heavy atom. The van der Waals surface area contributed by atoms with Crippen molar-refractivity contribution >= 4 is 27.3 Å². The van der Waals surface area contributed by atoms with Crippen LogP contribution < -0.4 is 0 Å². The van der Waals surface area contributed by atoms with Gasteiger partial charge >= 0.3 is 12.0 Å². The maximum Gasteiger partial charge on any atom is 0.416 e. The molecule has 0 saturated carbocycles. The number of pyridine rings is 1. The third kappa shape index (κ3) is 8.80. The third-order valence-corrected chi connectivity index (χ3v) is 8.12. The number of aromatic nitrogens is 1. The van der Waals surface area contributed by atoms with Crippen molar-refractivity contribution in [1.82, 2.24) is 4.98 Å². The molecule has 4 aromatic carbocycles. The molecule has 0 atom stereocenters. The molecule has 48 heavy (non-hydrogen) atoms. The minimum absolute atomic E-state index is 0. The fourth-order valence-corrected chi connectivity index (χ4v) is 5.53. The van der Waals surface area contributed by atoms with Gasteiger partial charge in [-0.2, -0.15) is 13.2 Å².